The smallest absolute Gasteiger partial charge is 0.336 e. The fourth-order valence-electron chi connectivity index (χ4n) is 3.03. The lowest BCUT2D eigenvalue weighted by molar-refractivity contribution is -0.132. The van der Waals surface area contributed by atoms with Crippen LogP contribution in [0.4, 0.5) is 0 Å². The first-order valence-corrected chi connectivity index (χ1v) is 8.22. The number of carbonyl (C=O) groups is 1. The van der Waals surface area contributed by atoms with Gasteiger partial charge in [0.25, 0.3) is 0 Å². The number of rotatable bonds is 4. The molecule has 0 atom stereocenters. The molecule has 1 aromatic carbocycles. The van der Waals surface area contributed by atoms with Gasteiger partial charge in [-0.1, -0.05) is 18.1 Å². The molecule has 1 N–H and O–H groups in total. The molecule has 134 valence electrons. The molecule has 3 rings (SSSR count). The molecule has 2 heterocycles. The van der Waals surface area contributed by atoms with Crippen molar-refractivity contribution in [3.8, 4) is 18.1 Å². The van der Waals surface area contributed by atoms with Crippen molar-refractivity contribution in [2.75, 3.05) is 13.7 Å². The number of nitrogens with zero attached hydrogens (tertiary/aromatic N) is 3. The number of ether oxygens (including phenoxy) is 1. The minimum Gasteiger partial charge on any atom is -0.497 e. The molecule has 6 heteroatoms. The lowest BCUT2D eigenvalue weighted by atomic mass is 10.1. The number of carboxylic acids is 1. The average Bonchev–Trinajstić information content (AvgIpc) is 3.03. The fraction of sp³-hybridized carbons (Fsp3) is 0.300. The summed E-state index contributed by atoms with van der Waals surface area (Å²) in [6.07, 6.45) is 7.59. The maximum atomic E-state index is 11.8. The second-order valence-electron chi connectivity index (χ2n) is 6.69. The van der Waals surface area contributed by atoms with E-state index in [2.05, 4.69) is 10.9 Å². The van der Waals surface area contributed by atoms with Crippen LogP contribution in [0.3, 0.4) is 0 Å². The molecule has 0 aliphatic carbocycles. The number of carboxylic acid groups (broad SMARTS) is 1. The molecular formula is C20H21N3O3. The zero-order chi connectivity index (χ0) is 19.1. The van der Waals surface area contributed by atoms with Crippen molar-refractivity contribution in [1.82, 2.24) is 10.0 Å². The Bertz CT molecular complexity index is 903. The maximum Gasteiger partial charge on any atom is 0.336 e. The van der Waals surface area contributed by atoms with Gasteiger partial charge >= 0.3 is 5.97 Å². The Labute approximate surface area is 153 Å². The van der Waals surface area contributed by atoms with Gasteiger partial charge in [-0.25, -0.2) is 9.79 Å². The molecule has 2 aliphatic rings. The van der Waals surface area contributed by atoms with E-state index < -0.39 is 11.5 Å². The molecule has 0 saturated carbocycles. The standard InChI is InChI=1S/C20H21N3O3/c1-6-20(3,4)22-12-16(19(24)25)18-21-17(10-13(2)23(18)22)14-8-7-9-15(11-14)26-5/h1,7-11H,12H2,2-5H3,(H,24,25). The molecule has 0 amide bonds. The Morgan fingerprint density at radius 3 is 2.77 bits per heavy atom. The predicted molar refractivity (Wildman–Crippen MR) is 99.4 cm³/mol. The van der Waals surface area contributed by atoms with Gasteiger partial charge in [-0.2, -0.15) is 5.01 Å². The summed E-state index contributed by atoms with van der Waals surface area (Å²) in [5.74, 6) is 2.85. The van der Waals surface area contributed by atoms with E-state index in [0.717, 1.165) is 11.3 Å². The molecule has 2 aliphatic heterocycles. The number of hydrogen-bond acceptors (Lipinski definition) is 5. The third kappa shape index (κ3) is 2.87. The second-order valence-corrected chi connectivity index (χ2v) is 6.69. The minimum atomic E-state index is -0.997. The Balaban J connectivity index is 2.11. The Kier molecular flexibility index (Phi) is 4.34. The van der Waals surface area contributed by atoms with Gasteiger partial charge in [0.1, 0.15) is 5.75 Å². The van der Waals surface area contributed by atoms with Crippen LogP contribution in [-0.2, 0) is 4.79 Å². The van der Waals surface area contributed by atoms with Crippen LogP contribution in [0.2, 0.25) is 0 Å². The van der Waals surface area contributed by atoms with Crippen LogP contribution in [0.5, 0.6) is 5.75 Å². The van der Waals surface area contributed by atoms with Crippen molar-refractivity contribution >= 4 is 11.7 Å². The van der Waals surface area contributed by atoms with E-state index >= 15 is 0 Å². The number of hydrogen-bond donors (Lipinski definition) is 1. The highest BCUT2D eigenvalue weighted by atomic mass is 16.5. The monoisotopic (exact) mass is 351 g/mol. The number of terminal acetylenes is 1. The first kappa shape index (κ1) is 17.8. The van der Waals surface area contributed by atoms with Gasteiger partial charge in [-0.05, 0) is 39.0 Å². The van der Waals surface area contributed by atoms with E-state index in [9.17, 15) is 9.90 Å². The minimum absolute atomic E-state index is 0.196. The topological polar surface area (TPSA) is 65.4 Å². The normalized spacial score (nSPS) is 17.4. The third-order valence-electron chi connectivity index (χ3n) is 4.55. The van der Waals surface area contributed by atoms with Crippen LogP contribution in [0.25, 0.3) is 0 Å². The quantitative estimate of drug-likeness (QED) is 0.845. The molecule has 1 aromatic rings. The lowest BCUT2D eigenvalue weighted by Crippen LogP contribution is -2.50. The molecule has 6 nitrogen and oxygen atoms in total. The van der Waals surface area contributed by atoms with Gasteiger partial charge < -0.3 is 9.84 Å². The Hall–Kier alpha value is -3.04. The molecule has 0 bridgehead atoms. The Morgan fingerprint density at radius 2 is 2.15 bits per heavy atom. The van der Waals surface area contributed by atoms with Crippen LogP contribution >= 0.6 is 0 Å². The highest BCUT2D eigenvalue weighted by Gasteiger charge is 2.42. The van der Waals surface area contributed by atoms with E-state index in [-0.39, 0.29) is 12.1 Å². The summed E-state index contributed by atoms with van der Waals surface area (Å²) in [4.78, 5) is 16.4. The van der Waals surface area contributed by atoms with Crippen molar-refractivity contribution < 1.29 is 14.6 Å². The van der Waals surface area contributed by atoms with E-state index in [1.807, 2.05) is 56.1 Å². The second kappa shape index (κ2) is 6.36. The summed E-state index contributed by atoms with van der Waals surface area (Å²) in [5, 5.41) is 13.3. The van der Waals surface area contributed by atoms with Gasteiger partial charge in [0.15, 0.2) is 5.82 Å². The average molecular weight is 351 g/mol. The molecule has 0 unspecified atom stereocenters. The first-order chi connectivity index (χ1) is 12.3. The van der Waals surface area contributed by atoms with Crippen molar-refractivity contribution in [1.29, 1.82) is 0 Å². The molecule has 0 aromatic heterocycles. The zero-order valence-corrected chi connectivity index (χ0v) is 15.3. The van der Waals surface area contributed by atoms with Gasteiger partial charge in [0.2, 0.25) is 0 Å². The number of fused-ring (bicyclic) bond motifs is 1. The number of aliphatic carboxylic acids is 1. The number of allylic oxidation sites excluding steroid dienone is 2. The first-order valence-electron chi connectivity index (χ1n) is 8.22. The van der Waals surface area contributed by atoms with E-state index in [0.29, 0.717) is 17.3 Å². The van der Waals surface area contributed by atoms with Crippen molar-refractivity contribution in [3.63, 3.8) is 0 Å². The molecule has 0 spiro atoms. The predicted octanol–water partition coefficient (Wildman–Crippen LogP) is 2.64. The third-order valence-corrected chi connectivity index (χ3v) is 4.55. The highest BCUT2D eigenvalue weighted by Crippen LogP contribution is 2.36. The van der Waals surface area contributed by atoms with E-state index in [1.165, 1.54) is 0 Å². The van der Waals surface area contributed by atoms with Gasteiger partial charge in [0.05, 0.1) is 30.5 Å². The summed E-state index contributed by atoms with van der Waals surface area (Å²) in [7, 11) is 1.60. The zero-order valence-electron chi connectivity index (χ0n) is 15.3. The van der Waals surface area contributed by atoms with Crippen LogP contribution in [0, 0.1) is 12.3 Å². The molecule has 0 fully saturated rings. The summed E-state index contributed by atoms with van der Waals surface area (Å²) in [6, 6.07) is 7.52. The van der Waals surface area contributed by atoms with E-state index in [1.54, 1.807) is 12.1 Å². The Morgan fingerprint density at radius 1 is 1.42 bits per heavy atom. The highest BCUT2D eigenvalue weighted by molar-refractivity contribution is 6.10. The number of aliphatic imine (C=N–C) groups is 1. The van der Waals surface area contributed by atoms with Crippen LogP contribution in [0.1, 0.15) is 26.3 Å². The molecular weight excluding hydrogens is 330 g/mol. The van der Waals surface area contributed by atoms with Crippen molar-refractivity contribution in [2.45, 2.75) is 26.3 Å². The summed E-state index contributed by atoms with van der Waals surface area (Å²) in [5.41, 5.74) is 1.97. The number of benzene rings is 1. The van der Waals surface area contributed by atoms with Gasteiger partial charge in [-0.3, -0.25) is 5.01 Å². The van der Waals surface area contributed by atoms with Crippen molar-refractivity contribution in [3.05, 3.63) is 53.0 Å². The number of methoxy groups -OCH3 is 1. The van der Waals surface area contributed by atoms with Crippen LogP contribution in [0.15, 0.2) is 52.4 Å². The largest absolute Gasteiger partial charge is 0.497 e. The fourth-order valence-corrected chi connectivity index (χ4v) is 3.03. The number of hydrazine groups is 1. The molecule has 0 radical (unpaired) electrons. The summed E-state index contributed by atoms with van der Waals surface area (Å²) >= 11 is 0. The molecule has 0 saturated heterocycles. The van der Waals surface area contributed by atoms with Crippen LogP contribution in [-0.4, -0.2) is 46.0 Å². The van der Waals surface area contributed by atoms with Crippen molar-refractivity contribution in [2.24, 2.45) is 4.99 Å². The van der Waals surface area contributed by atoms with Gasteiger partial charge in [0, 0.05) is 11.3 Å². The summed E-state index contributed by atoms with van der Waals surface area (Å²) in [6.45, 7) is 5.87. The summed E-state index contributed by atoms with van der Waals surface area (Å²) < 4.78 is 5.27. The maximum absolute atomic E-state index is 11.8. The van der Waals surface area contributed by atoms with E-state index in [4.69, 9.17) is 11.2 Å². The van der Waals surface area contributed by atoms with Crippen LogP contribution < -0.4 is 4.74 Å². The lowest BCUT2D eigenvalue weighted by Gasteiger charge is -2.40. The van der Waals surface area contributed by atoms with Gasteiger partial charge in [-0.15, -0.1) is 6.42 Å². The SMILES string of the molecule is C#CC(C)(C)N1CC(C(=O)O)=C2N=C(c3cccc(OC)c3)C=C(C)N21. The molecule has 26 heavy (non-hydrogen) atoms.